The molecule has 270 valence electrons. The maximum absolute atomic E-state index is 5.20. The number of para-hydroxylation sites is 4. The zero-order valence-electron chi connectivity index (χ0n) is 31.4. The maximum atomic E-state index is 5.20. The molecule has 1 aliphatic heterocycles. The zero-order valence-corrected chi connectivity index (χ0v) is 31.4. The Morgan fingerprint density at radius 3 is 1.67 bits per heavy atom. The summed E-state index contributed by atoms with van der Waals surface area (Å²) in [6.45, 7) is 0. The highest BCUT2D eigenvalue weighted by Gasteiger charge is 2.28. The molecule has 0 bridgehead atoms. The minimum absolute atomic E-state index is 0.866. The summed E-state index contributed by atoms with van der Waals surface area (Å²) in [7, 11) is 0. The van der Waals surface area contributed by atoms with Crippen molar-refractivity contribution >= 4 is 60.7 Å². The Morgan fingerprint density at radius 2 is 0.931 bits per heavy atom. The van der Waals surface area contributed by atoms with Crippen LogP contribution in [-0.4, -0.2) is 14.5 Å². The van der Waals surface area contributed by atoms with Crippen molar-refractivity contribution in [3.63, 3.8) is 0 Å². The van der Waals surface area contributed by atoms with Gasteiger partial charge in [-0.05, 0) is 82.6 Å². The van der Waals surface area contributed by atoms with E-state index in [2.05, 4.69) is 185 Å². The van der Waals surface area contributed by atoms with Crippen molar-refractivity contribution in [2.75, 3.05) is 4.90 Å². The van der Waals surface area contributed by atoms with Crippen LogP contribution in [0.1, 0.15) is 0 Å². The van der Waals surface area contributed by atoms with Gasteiger partial charge in [-0.2, -0.15) is 0 Å². The third-order valence-corrected chi connectivity index (χ3v) is 11.7. The molecule has 0 N–H and O–H groups in total. The van der Waals surface area contributed by atoms with Gasteiger partial charge >= 0.3 is 0 Å². The van der Waals surface area contributed by atoms with Crippen molar-refractivity contribution in [1.29, 1.82) is 0 Å². The molecule has 0 amide bonds. The van der Waals surface area contributed by atoms with E-state index in [4.69, 9.17) is 9.97 Å². The first-order valence-electron chi connectivity index (χ1n) is 19.8. The molecule has 1 aliphatic rings. The van der Waals surface area contributed by atoms with Crippen LogP contribution in [0.15, 0.2) is 206 Å². The average molecular weight is 739 g/mol. The van der Waals surface area contributed by atoms with Crippen molar-refractivity contribution in [3.8, 4) is 50.5 Å². The van der Waals surface area contributed by atoms with Gasteiger partial charge in [0.2, 0.25) is 0 Å². The third kappa shape index (κ3) is 4.95. The molecule has 4 nitrogen and oxygen atoms in total. The summed E-state index contributed by atoms with van der Waals surface area (Å²) in [5.74, 6) is 0. The molecule has 3 heterocycles. The Labute approximate surface area is 335 Å². The summed E-state index contributed by atoms with van der Waals surface area (Å²) < 4.78 is 2.44. The van der Waals surface area contributed by atoms with Gasteiger partial charge in [0.25, 0.3) is 0 Å². The molecule has 0 saturated heterocycles. The lowest BCUT2D eigenvalue weighted by Gasteiger charge is -2.27. The largest absolute Gasteiger partial charge is 0.309 e. The van der Waals surface area contributed by atoms with Crippen LogP contribution in [0.5, 0.6) is 0 Å². The van der Waals surface area contributed by atoms with Crippen LogP contribution in [0, 0.1) is 0 Å². The molecule has 2 aromatic heterocycles. The van der Waals surface area contributed by atoms with Gasteiger partial charge in [-0.3, -0.25) is 0 Å². The highest BCUT2D eigenvalue weighted by atomic mass is 15.2. The van der Waals surface area contributed by atoms with Gasteiger partial charge in [-0.25, -0.2) is 9.97 Å². The second-order valence-electron chi connectivity index (χ2n) is 15.0. The monoisotopic (exact) mass is 738 g/mol. The van der Waals surface area contributed by atoms with Crippen molar-refractivity contribution < 1.29 is 0 Å². The van der Waals surface area contributed by atoms with E-state index >= 15 is 0 Å². The Hall–Kier alpha value is -7.82. The number of rotatable bonds is 4. The van der Waals surface area contributed by atoms with Gasteiger partial charge in [0, 0.05) is 44.4 Å². The van der Waals surface area contributed by atoms with Crippen molar-refractivity contribution in [2.24, 2.45) is 0 Å². The van der Waals surface area contributed by atoms with Crippen LogP contribution >= 0.6 is 0 Å². The first-order valence-corrected chi connectivity index (χ1v) is 19.8. The standard InChI is InChI=1S/C54H34N4/c1-3-16-36(17-4-1)53-54(56-47-25-13-12-24-46(47)55-53)37-27-30-39(31-28-37)58-49-32-29-35-15-7-8-20-40(35)52(49)45-33-44-42-22-10-9-21-41(42)43-23-11-14-26-48(43)57(50(44)34-51(45)58)38-18-5-2-6-19-38/h1-34H. The van der Waals surface area contributed by atoms with Crippen molar-refractivity contribution in [3.05, 3.63) is 206 Å². The summed E-state index contributed by atoms with van der Waals surface area (Å²) in [4.78, 5) is 12.8. The molecule has 0 saturated carbocycles. The smallest absolute Gasteiger partial charge is 0.0973 e. The predicted molar refractivity (Wildman–Crippen MR) is 241 cm³/mol. The maximum Gasteiger partial charge on any atom is 0.0973 e. The molecule has 11 aromatic rings. The Bertz CT molecular complexity index is 3390. The molecule has 0 radical (unpaired) electrons. The Kier molecular flexibility index (Phi) is 7.20. The van der Waals surface area contributed by atoms with E-state index in [1.165, 1.54) is 43.8 Å². The van der Waals surface area contributed by atoms with E-state index in [-0.39, 0.29) is 0 Å². The number of hydrogen-bond acceptors (Lipinski definition) is 3. The lowest BCUT2D eigenvalue weighted by molar-refractivity contribution is 1.18. The first kappa shape index (κ1) is 32.4. The molecular formula is C54H34N4. The summed E-state index contributed by atoms with van der Waals surface area (Å²) in [6, 6.07) is 73.9. The SMILES string of the molecule is c1ccc(-c2nc3ccccc3nc2-c2ccc(-n3c4cc5c(cc4c4c6ccccc6ccc43)-c3ccccc3-c3ccccc3N5c3ccccc3)cc2)cc1. The van der Waals surface area contributed by atoms with Crippen LogP contribution in [-0.2, 0) is 0 Å². The fourth-order valence-corrected chi connectivity index (χ4v) is 9.10. The fraction of sp³-hybridized carbons (Fsp3) is 0. The molecule has 0 atom stereocenters. The molecule has 0 spiro atoms. The molecule has 0 aliphatic carbocycles. The van der Waals surface area contributed by atoms with E-state index in [0.717, 1.165) is 67.3 Å². The minimum atomic E-state index is 0.866. The molecule has 4 heteroatoms. The van der Waals surface area contributed by atoms with Gasteiger partial charge in [-0.15, -0.1) is 0 Å². The summed E-state index contributed by atoms with van der Waals surface area (Å²) >= 11 is 0. The molecule has 0 unspecified atom stereocenters. The van der Waals surface area contributed by atoms with Crippen LogP contribution in [0.2, 0.25) is 0 Å². The van der Waals surface area contributed by atoms with E-state index in [9.17, 15) is 0 Å². The first-order chi connectivity index (χ1) is 28.8. The van der Waals surface area contributed by atoms with Gasteiger partial charge in [0.15, 0.2) is 0 Å². The molecule has 58 heavy (non-hydrogen) atoms. The van der Waals surface area contributed by atoms with E-state index in [1.807, 2.05) is 30.3 Å². The lowest BCUT2D eigenvalue weighted by atomic mass is 9.93. The molecule has 9 aromatic carbocycles. The normalized spacial score (nSPS) is 12.1. The lowest BCUT2D eigenvalue weighted by Crippen LogP contribution is -2.11. The van der Waals surface area contributed by atoms with Crippen molar-refractivity contribution in [2.45, 2.75) is 0 Å². The van der Waals surface area contributed by atoms with E-state index < -0.39 is 0 Å². The average Bonchev–Trinajstić information content (AvgIpc) is 3.57. The summed E-state index contributed by atoms with van der Waals surface area (Å²) in [5, 5.41) is 4.93. The van der Waals surface area contributed by atoms with Crippen LogP contribution in [0.3, 0.4) is 0 Å². The number of fused-ring (bicyclic) bond motifs is 11. The molecular weight excluding hydrogens is 705 g/mol. The predicted octanol–water partition coefficient (Wildman–Crippen LogP) is 14.3. The molecule has 0 fully saturated rings. The number of aromatic nitrogens is 3. The zero-order chi connectivity index (χ0) is 38.2. The van der Waals surface area contributed by atoms with Gasteiger partial charge in [-0.1, -0.05) is 146 Å². The highest BCUT2D eigenvalue weighted by molar-refractivity contribution is 6.23. The van der Waals surface area contributed by atoms with Crippen LogP contribution < -0.4 is 4.90 Å². The van der Waals surface area contributed by atoms with Crippen molar-refractivity contribution in [1.82, 2.24) is 14.5 Å². The second-order valence-corrected chi connectivity index (χ2v) is 15.0. The summed E-state index contributed by atoms with van der Waals surface area (Å²) in [6.07, 6.45) is 0. The van der Waals surface area contributed by atoms with E-state index in [1.54, 1.807) is 0 Å². The molecule has 12 rings (SSSR count). The van der Waals surface area contributed by atoms with Crippen LogP contribution in [0.4, 0.5) is 17.1 Å². The topological polar surface area (TPSA) is 34.0 Å². The number of hydrogen-bond donors (Lipinski definition) is 0. The summed E-state index contributed by atoms with van der Waals surface area (Å²) in [5.41, 5.74) is 17.2. The van der Waals surface area contributed by atoms with Crippen LogP contribution in [0.25, 0.3) is 94.1 Å². The highest BCUT2D eigenvalue weighted by Crippen LogP contribution is 2.53. The fourth-order valence-electron chi connectivity index (χ4n) is 9.10. The Morgan fingerprint density at radius 1 is 0.345 bits per heavy atom. The van der Waals surface area contributed by atoms with Gasteiger partial charge in [0.1, 0.15) is 0 Å². The van der Waals surface area contributed by atoms with E-state index in [0.29, 0.717) is 0 Å². The second kappa shape index (κ2) is 12.9. The number of nitrogens with zero attached hydrogens (tertiary/aromatic N) is 4. The Balaban J connectivity index is 1.14. The minimum Gasteiger partial charge on any atom is -0.309 e. The number of benzene rings is 9. The van der Waals surface area contributed by atoms with Gasteiger partial charge in [0.05, 0.1) is 44.8 Å². The number of anilines is 3. The van der Waals surface area contributed by atoms with Gasteiger partial charge < -0.3 is 9.47 Å². The third-order valence-electron chi connectivity index (χ3n) is 11.7. The quantitative estimate of drug-likeness (QED) is 0.180.